The lowest BCUT2D eigenvalue weighted by Gasteiger charge is -2.27. The first-order chi connectivity index (χ1) is 20.8. The maximum Gasteiger partial charge on any atom is 0.330 e. The standard InChI is InChI=1S/C39H37NO3/c1-6-39(41)43-24-23-42-38-21-15-34(16-22-38)32-11-9-31(10-12-32)33-13-19-35(20-14-33)40(36-17-7-27(2)29(4)25-36)37-18-8-28(3)30(5)26-37/h6-22,25-26H,1,23-24H2,2-5H3. The van der Waals surface area contributed by atoms with Crippen LogP contribution in [-0.4, -0.2) is 19.2 Å². The lowest BCUT2D eigenvalue weighted by molar-refractivity contribution is -0.138. The van der Waals surface area contributed by atoms with Crippen LogP contribution in [0.25, 0.3) is 22.3 Å². The number of esters is 1. The third-order valence-corrected chi connectivity index (χ3v) is 7.79. The topological polar surface area (TPSA) is 38.8 Å². The first-order valence-electron chi connectivity index (χ1n) is 14.5. The summed E-state index contributed by atoms with van der Waals surface area (Å²) in [5, 5.41) is 0. The van der Waals surface area contributed by atoms with E-state index < -0.39 is 5.97 Å². The molecule has 0 spiro atoms. The van der Waals surface area contributed by atoms with Crippen molar-refractivity contribution in [3.63, 3.8) is 0 Å². The third kappa shape index (κ3) is 7.04. The van der Waals surface area contributed by atoms with Crippen LogP contribution in [0.2, 0.25) is 0 Å². The fourth-order valence-corrected chi connectivity index (χ4v) is 4.94. The van der Waals surface area contributed by atoms with Gasteiger partial charge in [0.05, 0.1) is 0 Å². The van der Waals surface area contributed by atoms with Gasteiger partial charge in [0.25, 0.3) is 0 Å². The van der Waals surface area contributed by atoms with Gasteiger partial charge >= 0.3 is 5.97 Å². The van der Waals surface area contributed by atoms with Gasteiger partial charge in [-0.15, -0.1) is 0 Å². The molecule has 5 aromatic carbocycles. The van der Waals surface area contributed by atoms with Gasteiger partial charge in [0, 0.05) is 23.1 Å². The average molecular weight is 568 g/mol. The Hall–Kier alpha value is -5.09. The van der Waals surface area contributed by atoms with Crippen molar-refractivity contribution in [1.82, 2.24) is 0 Å². The summed E-state index contributed by atoms with van der Waals surface area (Å²) in [4.78, 5) is 13.5. The summed E-state index contributed by atoms with van der Waals surface area (Å²) < 4.78 is 10.6. The largest absolute Gasteiger partial charge is 0.490 e. The fraction of sp³-hybridized carbons (Fsp3) is 0.154. The lowest BCUT2D eigenvalue weighted by Crippen LogP contribution is -2.10. The first-order valence-corrected chi connectivity index (χ1v) is 14.5. The van der Waals surface area contributed by atoms with Gasteiger partial charge in [-0.3, -0.25) is 0 Å². The van der Waals surface area contributed by atoms with Crippen molar-refractivity contribution >= 4 is 23.0 Å². The van der Waals surface area contributed by atoms with E-state index in [4.69, 9.17) is 9.47 Å². The van der Waals surface area contributed by atoms with E-state index in [0.29, 0.717) is 6.61 Å². The molecule has 43 heavy (non-hydrogen) atoms. The van der Waals surface area contributed by atoms with Gasteiger partial charge in [0.15, 0.2) is 0 Å². The number of carbonyl (C=O) groups excluding carboxylic acids is 1. The summed E-state index contributed by atoms with van der Waals surface area (Å²) in [7, 11) is 0. The zero-order valence-corrected chi connectivity index (χ0v) is 25.3. The molecule has 0 aromatic heterocycles. The van der Waals surface area contributed by atoms with E-state index >= 15 is 0 Å². The second-order valence-corrected chi connectivity index (χ2v) is 10.7. The van der Waals surface area contributed by atoms with Crippen molar-refractivity contribution < 1.29 is 14.3 Å². The Labute approximate surface area is 254 Å². The normalized spacial score (nSPS) is 10.7. The fourth-order valence-electron chi connectivity index (χ4n) is 4.94. The highest BCUT2D eigenvalue weighted by atomic mass is 16.6. The molecule has 0 aliphatic rings. The maximum atomic E-state index is 11.1. The molecular formula is C39H37NO3. The highest BCUT2D eigenvalue weighted by Crippen LogP contribution is 2.37. The van der Waals surface area contributed by atoms with Crippen molar-refractivity contribution in [3.05, 3.63) is 144 Å². The number of benzene rings is 5. The van der Waals surface area contributed by atoms with Crippen molar-refractivity contribution in [2.75, 3.05) is 18.1 Å². The monoisotopic (exact) mass is 567 g/mol. The van der Waals surface area contributed by atoms with E-state index in [1.807, 2.05) is 24.3 Å². The third-order valence-electron chi connectivity index (χ3n) is 7.79. The highest BCUT2D eigenvalue weighted by molar-refractivity contribution is 5.81. The molecule has 0 heterocycles. The molecule has 0 saturated heterocycles. The Kier molecular flexibility index (Phi) is 9.07. The Morgan fingerprint density at radius 1 is 0.581 bits per heavy atom. The number of rotatable bonds is 10. The summed E-state index contributed by atoms with van der Waals surface area (Å²) in [6, 6.07) is 38.6. The number of anilines is 3. The molecule has 5 rings (SSSR count). The van der Waals surface area contributed by atoms with Gasteiger partial charge in [-0.25, -0.2) is 4.79 Å². The SMILES string of the molecule is C=CC(=O)OCCOc1ccc(-c2ccc(-c3ccc(N(c4ccc(C)c(C)c4)c4ccc(C)c(C)c4)cc3)cc2)cc1. The van der Waals surface area contributed by atoms with Gasteiger partial charge in [-0.2, -0.15) is 0 Å². The van der Waals surface area contributed by atoms with Gasteiger partial charge in [0.2, 0.25) is 0 Å². The van der Waals surface area contributed by atoms with E-state index in [-0.39, 0.29) is 6.61 Å². The molecule has 216 valence electrons. The van der Waals surface area contributed by atoms with E-state index in [0.717, 1.165) is 51.1 Å². The summed E-state index contributed by atoms with van der Waals surface area (Å²) >= 11 is 0. The van der Waals surface area contributed by atoms with Crippen molar-refractivity contribution in [2.24, 2.45) is 0 Å². The zero-order chi connectivity index (χ0) is 30.3. The van der Waals surface area contributed by atoms with Crippen LogP contribution < -0.4 is 9.64 Å². The zero-order valence-electron chi connectivity index (χ0n) is 25.3. The van der Waals surface area contributed by atoms with Crippen molar-refractivity contribution in [1.29, 1.82) is 0 Å². The molecule has 4 nitrogen and oxygen atoms in total. The van der Waals surface area contributed by atoms with Crippen LogP contribution in [0.15, 0.2) is 122 Å². The Morgan fingerprint density at radius 3 is 1.44 bits per heavy atom. The molecule has 0 saturated carbocycles. The number of hydrogen-bond acceptors (Lipinski definition) is 4. The smallest absolute Gasteiger partial charge is 0.330 e. The van der Waals surface area contributed by atoms with E-state index in [2.05, 4.69) is 124 Å². The quantitative estimate of drug-likeness (QED) is 0.0956. The van der Waals surface area contributed by atoms with Crippen LogP contribution in [-0.2, 0) is 9.53 Å². The van der Waals surface area contributed by atoms with E-state index in [1.165, 1.54) is 22.3 Å². The number of nitrogens with zero attached hydrogens (tertiary/aromatic N) is 1. The van der Waals surface area contributed by atoms with E-state index in [9.17, 15) is 4.79 Å². The molecule has 0 radical (unpaired) electrons. The maximum absolute atomic E-state index is 11.1. The minimum absolute atomic E-state index is 0.185. The Balaban J connectivity index is 1.32. The Bertz CT molecular complexity index is 1670. The van der Waals surface area contributed by atoms with Crippen LogP contribution in [0.1, 0.15) is 22.3 Å². The number of ether oxygens (including phenoxy) is 2. The van der Waals surface area contributed by atoms with Gasteiger partial charge < -0.3 is 14.4 Å². The Morgan fingerprint density at radius 2 is 1.00 bits per heavy atom. The van der Waals surface area contributed by atoms with Gasteiger partial charge in [-0.1, -0.05) is 67.2 Å². The number of carbonyl (C=O) groups is 1. The minimum atomic E-state index is -0.449. The van der Waals surface area contributed by atoms with Crippen molar-refractivity contribution in [3.8, 4) is 28.0 Å². The molecule has 0 N–H and O–H groups in total. The van der Waals surface area contributed by atoms with Crippen molar-refractivity contribution in [2.45, 2.75) is 27.7 Å². The summed E-state index contributed by atoms with van der Waals surface area (Å²) in [6.07, 6.45) is 1.14. The van der Waals surface area contributed by atoms with Gasteiger partial charge in [0.1, 0.15) is 19.0 Å². The summed E-state index contributed by atoms with van der Waals surface area (Å²) in [5.41, 5.74) is 13.1. The highest BCUT2D eigenvalue weighted by Gasteiger charge is 2.14. The molecule has 0 unspecified atom stereocenters. The van der Waals surface area contributed by atoms with Crippen LogP contribution >= 0.6 is 0 Å². The van der Waals surface area contributed by atoms with Crippen LogP contribution in [0.3, 0.4) is 0 Å². The molecule has 0 amide bonds. The molecule has 4 heteroatoms. The molecule has 0 bridgehead atoms. The molecular weight excluding hydrogens is 530 g/mol. The second kappa shape index (κ2) is 13.3. The molecule has 0 atom stereocenters. The van der Waals surface area contributed by atoms with Gasteiger partial charge in [-0.05, 0) is 121 Å². The molecule has 0 aliphatic carbocycles. The van der Waals surface area contributed by atoms with Crippen LogP contribution in [0.5, 0.6) is 5.75 Å². The van der Waals surface area contributed by atoms with Crippen LogP contribution in [0, 0.1) is 27.7 Å². The predicted octanol–water partition coefficient (Wildman–Crippen LogP) is 9.83. The van der Waals surface area contributed by atoms with Crippen LogP contribution in [0.4, 0.5) is 17.1 Å². The first kappa shape index (κ1) is 29.4. The predicted molar refractivity (Wildman–Crippen MR) is 178 cm³/mol. The van der Waals surface area contributed by atoms with E-state index in [1.54, 1.807) is 0 Å². The minimum Gasteiger partial charge on any atom is -0.490 e. The number of aryl methyl sites for hydroxylation is 4. The summed E-state index contributed by atoms with van der Waals surface area (Å²) in [5.74, 6) is 0.278. The second-order valence-electron chi connectivity index (χ2n) is 10.7. The molecule has 5 aromatic rings. The summed E-state index contributed by atoms with van der Waals surface area (Å²) in [6.45, 7) is 12.5. The average Bonchev–Trinajstić information content (AvgIpc) is 3.03. The number of hydrogen-bond donors (Lipinski definition) is 0. The molecule has 0 aliphatic heterocycles. The molecule has 0 fully saturated rings. The lowest BCUT2D eigenvalue weighted by atomic mass is 10.00.